The van der Waals surface area contributed by atoms with Crippen LogP contribution in [0.2, 0.25) is 0 Å². The lowest BCUT2D eigenvalue weighted by atomic mass is 10.4. The molecule has 9 heavy (non-hydrogen) atoms. The largest absolute Gasteiger partial charge is 0.0712 e. The summed E-state index contributed by atoms with van der Waals surface area (Å²) in [6.45, 7) is 0. The summed E-state index contributed by atoms with van der Waals surface area (Å²) in [5.74, 6) is 0. The number of benzene rings is 1. The highest BCUT2D eigenvalue weighted by atomic mass is 127. The predicted molar refractivity (Wildman–Crippen MR) is 52.2 cm³/mol. The van der Waals surface area contributed by atoms with Crippen molar-refractivity contribution in [1.29, 1.82) is 0 Å². The zero-order valence-electron chi connectivity index (χ0n) is 4.49. The van der Waals surface area contributed by atoms with E-state index in [4.69, 9.17) is 0 Å². The van der Waals surface area contributed by atoms with Crippen molar-refractivity contribution in [3.8, 4) is 0 Å². The molecule has 1 aromatic rings. The van der Waals surface area contributed by atoms with Crippen LogP contribution < -0.4 is 5.19 Å². The zero-order valence-corrected chi connectivity index (χ0v) is 9.23. The van der Waals surface area contributed by atoms with Gasteiger partial charge in [-0.15, -0.1) is 0 Å². The summed E-state index contributed by atoms with van der Waals surface area (Å²) in [4.78, 5) is 0. The summed E-state index contributed by atoms with van der Waals surface area (Å²) in [6.07, 6.45) is 0. The van der Waals surface area contributed by atoms with Gasteiger partial charge in [-0.3, -0.25) is 0 Å². The molecule has 3 radical (unpaired) electrons. The number of halogens is 2. The lowest BCUT2D eigenvalue weighted by Crippen LogP contribution is -2.00. The van der Waals surface area contributed by atoms with E-state index in [1.54, 1.807) is 0 Å². The molecule has 0 aliphatic heterocycles. The zero-order chi connectivity index (χ0) is 6.85. The Balaban J connectivity index is 3.17. The van der Waals surface area contributed by atoms with E-state index in [9.17, 15) is 0 Å². The minimum absolute atomic E-state index is 1.11. The van der Waals surface area contributed by atoms with E-state index in [1.165, 1.54) is 3.57 Å². The first kappa shape index (κ1) is 7.75. The van der Waals surface area contributed by atoms with Crippen molar-refractivity contribution in [2.24, 2.45) is 0 Å². The molecule has 0 heterocycles. The molecule has 0 spiro atoms. The normalized spacial score (nSPS) is 9.67. The van der Waals surface area contributed by atoms with Crippen molar-refractivity contribution in [2.45, 2.75) is 0 Å². The van der Waals surface area contributed by atoms with Gasteiger partial charge in [0.2, 0.25) is 0 Å². The Kier molecular flexibility index (Phi) is 2.72. The average molecular weight is 310 g/mol. The fourth-order valence-electron chi connectivity index (χ4n) is 0.496. The Morgan fingerprint density at radius 2 is 2.11 bits per heavy atom. The van der Waals surface area contributed by atoms with Crippen molar-refractivity contribution < 1.29 is 0 Å². The first-order chi connectivity index (χ1) is 4.20. The molecule has 0 aromatic heterocycles. The quantitative estimate of drug-likeness (QED) is 0.507. The fraction of sp³-hybridized carbons (Fsp3) is 0. The summed E-state index contributed by atoms with van der Waals surface area (Å²) < 4.78 is 2.37. The molecular formula is C6H3BrISi. The smallest absolute Gasteiger partial charge is 0.0662 e. The summed E-state index contributed by atoms with van der Waals surface area (Å²) in [6, 6.07) is 6.08. The van der Waals surface area contributed by atoms with Crippen molar-refractivity contribution in [3.63, 3.8) is 0 Å². The molecule has 0 N–H and O–H groups in total. The van der Waals surface area contributed by atoms with Crippen LogP contribution in [0, 0.1) is 3.57 Å². The summed E-state index contributed by atoms with van der Waals surface area (Å²) >= 11 is 5.67. The molecule has 3 heteroatoms. The molecule has 0 amide bonds. The molecule has 0 fully saturated rings. The minimum Gasteiger partial charge on any atom is -0.0662 e. The van der Waals surface area contributed by atoms with E-state index in [-0.39, 0.29) is 0 Å². The molecular weight excluding hydrogens is 307 g/mol. The van der Waals surface area contributed by atoms with Gasteiger partial charge in [0.05, 0.1) is 10.2 Å². The summed E-state index contributed by atoms with van der Waals surface area (Å²) in [5.41, 5.74) is 0. The highest BCUT2D eigenvalue weighted by molar-refractivity contribution is 14.1. The minimum atomic E-state index is 1.11. The van der Waals surface area contributed by atoms with E-state index < -0.39 is 0 Å². The van der Waals surface area contributed by atoms with Crippen LogP contribution in [0.1, 0.15) is 0 Å². The van der Waals surface area contributed by atoms with Gasteiger partial charge in [-0.2, -0.15) is 0 Å². The second kappa shape index (κ2) is 3.16. The van der Waals surface area contributed by atoms with Gasteiger partial charge in [-0.05, 0) is 50.7 Å². The van der Waals surface area contributed by atoms with Gasteiger partial charge in [0.1, 0.15) is 0 Å². The second-order valence-corrected chi connectivity index (χ2v) is 4.22. The molecule has 0 saturated carbocycles. The molecule has 0 nitrogen and oxygen atoms in total. The predicted octanol–water partition coefficient (Wildman–Crippen LogP) is 1.85. The molecule has 0 unspecified atom stereocenters. The monoisotopic (exact) mass is 309 g/mol. The Labute approximate surface area is 79.7 Å². The fourth-order valence-corrected chi connectivity index (χ4v) is 1.78. The van der Waals surface area contributed by atoms with Gasteiger partial charge in [0.15, 0.2) is 0 Å². The Morgan fingerprint density at radius 1 is 1.44 bits per heavy atom. The third kappa shape index (κ3) is 2.05. The Hall–Kier alpha value is 0.647. The van der Waals surface area contributed by atoms with E-state index in [0.717, 1.165) is 9.66 Å². The van der Waals surface area contributed by atoms with Crippen molar-refractivity contribution in [2.75, 3.05) is 0 Å². The molecule has 1 rings (SSSR count). The highest BCUT2D eigenvalue weighted by Crippen LogP contribution is 2.15. The van der Waals surface area contributed by atoms with E-state index in [1.807, 2.05) is 12.1 Å². The van der Waals surface area contributed by atoms with Crippen LogP contribution in [0.15, 0.2) is 22.7 Å². The van der Waals surface area contributed by atoms with Gasteiger partial charge in [0, 0.05) is 8.04 Å². The maximum atomic E-state index is 3.42. The van der Waals surface area contributed by atoms with E-state index in [2.05, 4.69) is 54.8 Å². The average Bonchev–Trinajstić information content (AvgIpc) is 1.80. The standard InChI is InChI=1S/C6H3BrISi/c7-5-2-1-4(9)3-6(5)8/h1-3H. The van der Waals surface area contributed by atoms with Crippen LogP contribution in [0.4, 0.5) is 0 Å². The number of hydrogen-bond acceptors (Lipinski definition) is 0. The van der Waals surface area contributed by atoms with Gasteiger partial charge < -0.3 is 0 Å². The van der Waals surface area contributed by atoms with Gasteiger partial charge in [0.25, 0.3) is 0 Å². The second-order valence-electron chi connectivity index (χ2n) is 1.63. The SMILES string of the molecule is [Si]c1ccc(Br)c(I)c1. The summed E-state index contributed by atoms with van der Waals surface area (Å²) in [5, 5.41) is 1.11. The molecule has 1 aromatic carbocycles. The van der Waals surface area contributed by atoms with E-state index in [0.29, 0.717) is 0 Å². The van der Waals surface area contributed by atoms with E-state index >= 15 is 0 Å². The number of hydrogen-bond donors (Lipinski definition) is 0. The first-order valence-electron chi connectivity index (χ1n) is 2.37. The van der Waals surface area contributed by atoms with Gasteiger partial charge in [-0.1, -0.05) is 11.3 Å². The van der Waals surface area contributed by atoms with Gasteiger partial charge >= 0.3 is 0 Å². The van der Waals surface area contributed by atoms with Crippen molar-refractivity contribution in [3.05, 3.63) is 26.2 Å². The van der Waals surface area contributed by atoms with Gasteiger partial charge in [-0.25, -0.2) is 0 Å². The summed E-state index contributed by atoms with van der Waals surface area (Å²) in [7, 11) is 3.42. The van der Waals surface area contributed by atoms with Crippen LogP contribution in [-0.4, -0.2) is 10.2 Å². The number of rotatable bonds is 0. The van der Waals surface area contributed by atoms with Crippen LogP contribution in [0.25, 0.3) is 0 Å². The molecule has 0 atom stereocenters. The topological polar surface area (TPSA) is 0 Å². The first-order valence-corrected chi connectivity index (χ1v) is 4.74. The lowest BCUT2D eigenvalue weighted by molar-refractivity contribution is 1.63. The molecule has 0 aliphatic rings. The molecule has 45 valence electrons. The third-order valence-electron chi connectivity index (χ3n) is 0.920. The molecule has 0 aliphatic carbocycles. The van der Waals surface area contributed by atoms with Crippen LogP contribution in [-0.2, 0) is 0 Å². The Morgan fingerprint density at radius 3 is 2.56 bits per heavy atom. The molecule has 0 bridgehead atoms. The van der Waals surface area contributed by atoms with Crippen molar-refractivity contribution in [1.82, 2.24) is 0 Å². The van der Waals surface area contributed by atoms with Crippen molar-refractivity contribution >= 4 is 54.0 Å². The maximum absolute atomic E-state index is 3.42. The third-order valence-corrected chi connectivity index (χ3v) is 3.56. The van der Waals surface area contributed by atoms with Crippen LogP contribution in [0.3, 0.4) is 0 Å². The maximum Gasteiger partial charge on any atom is 0.0712 e. The lowest BCUT2D eigenvalue weighted by Gasteiger charge is -1.95. The van der Waals surface area contributed by atoms with Crippen LogP contribution >= 0.6 is 38.5 Å². The highest BCUT2D eigenvalue weighted by Gasteiger charge is 1.92. The molecule has 0 saturated heterocycles. The van der Waals surface area contributed by atoms with Crippen LogP contribution in [0.5, 0.6) is 0 Å². The Bertz CT molecular complexity index is 224.